The van der Waals surface area contributed by atoms with Crippen molar-refractivity contribution in [3.63, 3.8) is 0 Å². The fourth-order valence-electron chi connectivity index (χ4n) is 1.87. The molecule has 0 fully saturated rings. The molecule has 7 nitrogen and oxygen atoms in total. The van der Waals surface area contributed by atoms with Gasteiger partial charge < -0.3 is 5.32 Å². The highest BCUT2D eigenvalue weighted by molar-refractivity contribution is 8.00. The van der Waals surface area contributed by atoms with Crippen molar-refractivity contribution in [1.82, 2.24) is 20.2 Å². The minimum atomic E-state index is -0.579. The Morgan fingerprint density at radius 1 is 1.38 bits per heavy atom. The highest BCUT2D eigenvalue weighted by atomic mass is 32.2. The third kappa shape index (κ3) is 4.35. The number of carbonyl (C=O) groups excluding carboxylic acids is 2. The smallest absolute Gasteiger partial charge is 0.321 e. The van der Waals surface area contributed by atoms with Crippen molar-refractivity contribution in [2.75, 3.05) is 0 Å². The van der Waals surface area contributed by atoms with Crippen LogP contribution in [0.3, 0.4) is 0 Å². The molecule has 2 aromatic heterocycles. The van der Waals surface area contributed by atoms with E-state index < -0.39 is 22.7 Å². The molecule has 0 aliphatic carbocycles. The summed E-state index contributed by atoms with van der Waals surface area (Å²) in [4.78, 5) is 40.6. The molecule has 130 valence electrons. The molecule has 3 amide bonds. The van der Waals surface area contributed by atoms with Crippen LogP contribution < -0.4 is 16.2 Å². The summed E-state index contributed by atoms with van der Waals surface area (Å²) in [5.41, 5.74) is 0.0372. The van der Waals surface area contributed by atoms with Gasteiger partial charge in [0.25, 0.3) is 5.56 Å². The molecule has 2 rings (SSSR count). The van der Waals surface area contributed by atoms with Gasteiger partial charge in [0.1, 0.15) is 4.70 Å². The van der Waals surface area contributed by atoms with Gasteiger partial charge in [-0.1, -0.05) is 11.8 Å². The molecule has 0 spiro atoms. The van der Waals surface area contributed by atoms with Crippen LogP contribution in [0.2, 0.25) is 0 Å². The van der Waals surface area contributed by atoms with E-state index in [1.807, 2.05) is 20.8 Å². The maximum absolute atomic E-state index is 12.3. The normalized spacial score (nSPS) is 12.9. The van der Waals surface area contributed by atoms with Gasteiger partial charge in [0.2, 0.25) is 5.91 Å². The molecule has 0 radical (unpaired) electrons. The second-order valence-corrected chi connectivity index (χ2v) is 8.57. The van der Waals surface area contributed by atoms with Crippen molar-refractivity contribution >= 4 is 45.3 Å². The van der Waals surface area contributed by atoms with Crippen LogP contribution in [0.1, 0.15) is 27.7 Å². The molecule has 0 aliphatic rings. The first kappa shape index (κ1) is 18.5. The summed E-state index contributed by atoms with van der Waals surface area (Å²) < 4.78 is 2.01. The lowest BCUT2D eigenvalue weighted by Gasteiger charge is -2.21. The van der Waals surface area contributed by atoms with E-state index in [1.165, 1.54) is 15.9 Å². The summed E-state index contributed by atoms with van der Waals surface area (Å²) in [6.45, 7) is 7.13. The summed E-state index contributed by atoms with van der Waals surface area (Å²) >= 11 is 2.47. The van der Waals surface area contributed by atoms with Gasteiger partial charge in [0.05, 0.1) is 10.8 Å². The van der Waals surface area contributed by atoms with E-state index in [0.717, 1.165) is 11.8 Å². The minimum absolute atomic E-state index is 0.143. The third-order valence-corrected chi connectivity index (χ3v) is 5.06. The number of nitrogens with one attached hydrogen (secondary N) is 2. The molecule has 0 aromatic carbocycles. The van der Waals surface area contributed by atoms with Gasteiger partial charge in [0.15, 0.2) is 5.16 Å². The Morgan fingerprint density at radius 3 is 2.67 bits per heavy atom. The van der Waals surface area contributed by atoms with Gasteiger partial charge in [-0.25, -0.2) is 9.78 Å². The molecule has 2 aromatic rings. The van der Waals surface area contributed by atoms with Gasteiger partial charge in [-0.3, -0.25) is 19.5 Å². The Morgan fingerprint density at radius 2 is 2.04 bits per heavy atom. The summed E-state index contributed by atoms with van der Waals surface area (Å²) in [7, 11) is 1.62. The van der Waals surface area contributed by atoms with Crippen molar-refractivity contribution in [3.8, 4) is 0 Å². The Bertz CT molecular complexity index is 835. The molecular formula is C15H20N4O3S2. The zero-order chi connectivity index (χ0) is 18.1. The average Bonchev–Trinajstić information content (AvgIpc) is 2.90. The van der Waals surface area contributed by atoms with Crippen LogP contribution >= 0.6 is 23.1 Å². The standard InChI is InChI=1S/C15H20N4O3S2/c1-8(11(20)17-13(22)18-15(2,3)4)24-14-16-9-6-7-23-10(9)12(21)19(14)5/h6-8H,1-5H3,(H2,17,18,20,22). The highest BCUT2D eigenvalue weighted by Crippen LogP contribution is 2.23. The maximum Gasteiger partial charge on any atom is 0.321 e. The Kier molecular flexibility index (Phi) is 5.34. The molecule has 0 bridgehead atoms. The largest absolute Gasteiger partial charge is 0.333 e. The molecular weight excluding hydrogens is 348 g/mol. The fourth-order valence-corrected chi connectivity index (χ4v) is 3.55. The van der Waals surface area contributed by atoms with Gasteiger partial charge >= 0.3 is 6.03 Å². The first-order valence-corrected chi connectivity index (χ1v) is 9.08. The Balaban J connectivity index is 2.10. The zero-order valence-corrected chi connectivity index (χ0v) is 15.8. The molecule has 0 saturated carbocycles. The molecule has 1 atom stereocenters. The summed E-state index contributed by atoms with van der Waals surface area (Å²) in [6, 6.07) is 1.22. The van der Waals surface area contributed by atoms with Crippen molar-refractivity contribution in [3.05, 3.63) is 21.8 Å². The molecule has 1 unspecified atom stereocenters. The van der Waals surface area contributed by atoms with Crippen molar-refractivity contribution < 1.29 is 9.59 Å². The Labute approximate surface area is 147 Å². The van der Waals surface area contributed by atoms with Crippen LogP contribution in [0.25, 0.3) is 10.2 Å². The molecule has 9 heteroatoms. The van der Waals surface area contributed by atoms with Crippen molar-refractivity contribution in [2.24, 2.45) is 7.05 Å². The fraction of sp³-hybridized carbons (Fsp3) is 0.467. The van der Waals surface area contributed by atoms with Gasteiger partial charge in [0, 0.05) is 12.6 Å². The van der Waals surface area contributed by atoms with Gasteiger partial charge in [-0.05, 0) is 39.1 Å². The number of nitrogens with zero attached hydrogens (tertiary/aromatic N) is 2. The van der Waals surface area contributed by atoms with E-state index in [9.17, 15) is 14.4 Å². The number of amides is 3. The molecule has 2 heterocycles. The van der Waals surface area contributed by atoms with Gasteiger partial charge in [-0.15, -0.1) is 11.3 Å². The van der Waals surface area contributed by atoms with Crippen LogP contribution in [0, 0.1) is 0 Å². The molecule has 0 aliphatic heterocycles. The molecule has 0 saturated heterocycles. The summed E-state index contributed by atoms with van der Waals surface area (Å²) in [6.07, 6.45) is 0. The summed E-state index contributed by atoms with van der Waals surface area (Å²) in [5, 5.41) is 6.62. The maximum atomic E-state index is 12.3. The lowest BCUT2D eigenvalue weighted by molar-refractivity contribution is -0.119. The Hall–Kier alpha value is -1.87. The number of carbonyl (C=O) groups is 2. The predicted molar refractivity (Wildman–Crippen MR) is 96.6 cm³/mol. The van der Waals surface area contributed by atoms with Crippen LogP contribution in [0.4, 0.5) is 4.79 Å². The number of fused-ring (bicyclic) bond motifs is 1. The minimum Gasteiger partial charge on any atom is -0.333 e. The first-order valence-electron chi connectivity index (χ1n) is 7.32. The topological polar surface area (TPSA) is 93.1 Å². The van der Waals surface area contributed by atoms with E-state index in [0.29, 0.717) is 15.4 Å². The van der Waals surface area contributed by atoms with E-state index in [4.69, 9.17) is 0 Å². The predicted octanol–water partition coefficient (Wildman–Crippen LogP) is 2.10. The second-order valence-electron chi connectivity index (χ2n) is 6.35. The number of thioether (sulfide) groups is 1. The number of thiophene rings is 1. The van der Waals surface area contributed by atoms with Crippen LogP contribution in [0.5, 0.6) is 0 Å². The van der Waals surface area contributed by atoms with Crippen molar-refractivity contribution in [2.45, 2.75) is 43.6 Å². The van der Waals surface area contributed by atoms with Crippen LogP contribution in [0.15, 0.2) is 21.4 Å². The lowest BCUT2D eigenvalue weighted by atomic mass is 10.1. The van der Waals surface area contributed by atoms with Crippen molar-refractivity contribution in [1.29, 1.82) is 0 Å². The zero-order valence-electron chi connectivity index (χ0n) is 14.2. The number of imide groups is 1. The number of urea groups is 1. The van der Waals surface area contributed by atoms with Crippen LogP contribution in [-0.4, -0.2) is 32.3 Å². The number of rotatable bonds is 3. The second kappa shape index (κ2) is 6.94. The lowest BCUT2D eigenvalue weighted by Crippen LogP contribution is -2.49. The monoisotopic (exact) mass is 368 g/mol. The quantitative estimate of drug-likeness (QED) is 0.639. The SMILES string of the molecule is CC(Sc1nc2ccsc2c(=O)n1C)C(=O)NC(=O)NC(C)(C)C. The van der Waals surface area contributed by atoms with Crippen LogP contribution in [-0.2, 0) is 11.8 Å². The number of hydrogen-bond donors (Lipinski definition) is 2. The number of aromatic nitrogens is 2. The number of hydrogen-bond acceptors (Lipinski definition) is 6. The molecule has 24 heavy (non-hydrogen) atoms. The van der Waals surface area contributed by atoms with E-state index in [1.54, 1.807) is 25.4 Å². The third-order valence-electron chi connectivity index (χ3n) is 3.02. The van der Waals surface area contributed by atoms with E-state index >= 15 is 0 Å². The summed E-state index contributed by atoms with van der Waals surface area (Å²) in [5.74, 6) is -0.443. The van der Waals surface area contributed by atoms with Gasteiger partial charge in [-0.2, -0.15) is 0 Å². The highest BCUT2D eigenvalue weighted by Gasteiger charge is 2.22. The first-order chi connectivity index (χ1) is 11.1. The van der Waals surface area contributed by atoms with E-state index in [2.05, 4.69) is 15.6 Å². The molecule has 2 N–H and O–H groups in total. The average molecular weight is 368 g/mol. The van der Waals surface area contributed by atoms with E-state index in [-0.39, 0.29) is 5.56 Å².